The van der Waals surface area contributed by atoms with Crippen LogP contribution in [0.2, 0.25) is 0 Å². The number of likely N-dealkylation sites (tertiary alicyclic amines) is 1. The third kappa shape index (κ3) is 3.45. The minimum Gasteiger partial charge on any atom is -0.337 e. The topological polar surface area (TPSA) is 33.2 Å². The van der Waals surface area contributed by atoms with E-state index < -0.39 is 11.7 Å². The van der Waals surface area contributed by atoms with Crippen molar-refractivity contribution in [1.82, 2.24) is 9.88 Å². The molecule has 2 heterocycles. The number of amides is 1. The maximum absolute atomic E-state index is 12.4. The van der Waals surface area contributed by atoms with E-state index in [0.717, 1.165) is 37.8 Å². The lowest BCUT2D eigenvalue weighted by molar-refractivity contribution is -0.137. The number of alkyl halides is 3. The highest BCUT2D eigenvalue weighted by molar-refractivity contribution is 5.92. The number of rotatable bonds is 1. The van der Waals surface area contributed by atoms with Crippen LogP contribution in [-0.4, -0.2) is 28.9 Å². The molecule has 1 saturated heterocycles. The van der Waals surface area contributed by atoms with Crippen molar-refractivity contribution in [3.05, 3.63) is 29.6 Å². The van der Waals surface area contributed by atoms with Crippen molar-refractivity contribution in [3.63, 3.8) is 0 Å². The SMILES string of the molecule is O=C(c1ccc(C(F)(F)F)cn1)N1CCCCCC1. The lowest BCUT2D eigenvalue weighted by Gasteiger charge is -2.19. The van der Waals surface area contributed by atoms with Crippen molar-refractivity contribution in [2.45, 2.75) is 31.9 Å². The predicted octanol–water partition coefficient (Wildman–Crippen LogP) is 3.12. The van der Waals surface area contributed by atoms with Crippen LogP contribution in [0, 0.1) is 0 Å². The highest BCUT2D eigenvalue weighted by Gasteiger charge is 2.31. The van der Waals surface area contributed by atoms with Gasteiger partial charge in [0.25, 0.3) is 5.91 Å². The number of pyridine rings is 1. The Kier molecular flexibility index (Phi) is 4.07. The van der Waals surface area contributed by atoms with Crippen LogP contribution < -0.4 is 0 Å². The Balaban J connectivity index is 2.10. The van der Waals surface area contributed by atoms with E-state index in [1.165, 1.54) is 0 Å². The largest absolute Gasteiger partial charge is 0.417 e. The predicted molar refractivity (Wildman–Crippen MR) is 63.6 cm³/mol. The summed E-state index contributed by atoms with van der Waals surface area (Å²) in [4.78, 5) is 17.4. The van der Waals surface area contributed by atoms with E-state index in [-0.39, 0.29) is 11.6 Å². The third-order valence-electron chi connectivity index (χ3n) is 3.20. The van der Waals surface area contributed by atoms with Gasteiger partial charge in [-0.05, 0) is 25.0 Å². The molecule has 2 rings (SSSR count). The maximum Gasteiger partial charge on any atom is 0.417 e. The number of carbonyl (C=O) groups is 1. The van der Waals surface area contributed by atoms with Crippen molar-refractivity contribution in [1.29, 1.82) is 0 Å². The smallest absolute Gasteiger partial charge is 0.337 e. The Bertz CT molecular complexity index is 434. The zero-order chi connectivity index (χ0) is 13.9. The molecule has 1 fully saturated rings. The number of carbonyl (C=O) groups excluding carboxylic acids is 1. The van der Waals surface area contributed by atoms with Gasteiger partial charge >= 0.3 is 6.18 Å². The Hall–Kier alpha value is -1.59. The first-order valence-electron chi connectivity index (χ1n) is 6.31. The van der Waals surface area contributed by atoms with E-state index in [9.17, 15) is 18.0 Å². The van der Waals surface area contributed by atoms with Gasteiger partial charge in [-0.3, -0.25) is 9.78 Å². The molecular weight excluding hydrogens is 257 g/mol. The summed E-state index contributed by atoms with van der Waals surface area (Å²) in [5.74, 6) is -0.282. The van der Waals surface area contributed by atoms with Gasteiger partial charge in [-0.2, -0.15) is 13.2 Å². The van der Waals surface area contributed by atoms with Crippen molar-refractivity contribution < 1.29 is 18.0 Å². The van der Waals surface area contributed by atoms with Crippen LogP contribution in [0.1, 0.15) is 41.7 Å². The van der Waals surface area contributed by atoms with Gasteiger partial charge < -0.3 is 4.90 Å². The highest BCUT2D eigenvalue weighted by Crippen LogP contribution is 2.28. The van der Waals surface area contributed by atoms with E-state index in [1.807, 2.05) is 0 Å². The van der Waals surface area contributed by atoms with Gasteiger partial charge in [0, 0.05) is 19.3 Å². The lowest BCUT2D eigenvalue weighted by Crippen LogP contribution is -2.32. The first kappa shape index (κ1) is 13.8. The van der Waals surface area contributed by atoms with E-state index >= 15 is 0 Å². The van der Waals surface area contributed by atoms with Crippen molar-refractivity contribution in [2.24, 2.45) is 0 Å². The fourth-order valence-corrected chi connectivity index (χ4v) is 2.12. The summed E-state index contributed by atoms with van der Waals surface area (Å²) in [5.41, 5.74) is -0.755. The number of hydrogen-bond acceptors (Lipinski definition) is 2. The van der Waals surface area contributed by atoms with Crippen molar-refractivity contribution in [3.8, 4) is 0 Å². The fourth-order valence-electron chi connectivity index (χ4n) is 2.12. The van der Waals surface area contributed by atoms with Gasteiger partial charge in [-0.15, -0.1) is 0 Å². The first-order chi connectivity index (χ1) is 8.98. The average Bonchev–Trinajstić information content (AvgIpc) is 2.66. The van der Waals surface area contributed by atoms with E-state index in [4.69, 9.17) is 0 Å². The highest BCUT2D eigenvalue weighted by atomic mass is 19.4. The van der Waals surface area contributed by atoms with E-state index in [0.29, 0.717) is 19.3 Å². The molecule has 1 aliphatic heterocycles. The summed E-state index contributed by atoms with van der Waals surface area (Å²) in [6, 6.07) is 2.05. The maximum atomic E-state index is 12.4. The molecule has 0 radical (unpaired) electrons. The number of hydrogen-bond donors (Lipinski definition) is 0. The second kappa shape index (κ2) is 5.59. The van der Waals surface area contributed by atoms with Crippen LogP contribution in [0.25, 0.3) is 0 Å². The van der Waals surface area contributed by atoms with Gasteiger partial charge in [-0.25, -0.2) is 0 Å². The normalized spacial score (nSPS) is 17.1. The molecule has 0 saturated carbocycles. The fraction of sp³-hybridized carbons (Fsp3) is 0.538. The summed E-state index contributed by atoms with van der Waals surface area (Å²) < 4.78 is 37.2. The summed E-state index contributed by atoms with van der Waals surface area (Å²) in [7, 11) is 0. The molecule has 104 valence electrons. The molecule has 0 aliphatic carbocycles. The standard InChI is InChI=1S/C13H15F3N2O/c14-13(15,16)10-5-6-11(17-9-10)12(19)18-7-3-1-2-4-8-18/h5-6,9H,1-4,7-8H2. The van der Waals surface area contributed by atoms with Crippen LogP contribution in [0.5, 0.6) is 0 Å². The van der Waals surface area contributed by atoms with Gasteiger partial charge in [-0.1, -0.05) is 12.8 Å². The summed E-state index contributed by atoms with van der Waals surface area (Å²) >= 11 is 0. The van der Waals surface area contributed by atoms with Gasteiger partial charge in [0.2, 0.25) is 0 Å². The zero-order valence-corrected chi connectivity index (χ0v) is 10.4. The Labute approximate surface area is 109 Å². The van der Waals surface area contributed by atoms with Gasteiger partial charge in [0.15, 0.2) is 0 Å². The molecule has 0 N–H and O–H groups in total. The quantitative estimate of drug-likeness (QED) is 0.787. The minimum absolute atomic E-state index is 0.0786. The molecular formula is C13H15F3N2O. The second-order valence-corrected chi connectivity index (χ2v) is 4.64. The molecule has 1 aliphatic rings. The third-order valence-corrected chi connectivity index (χ3v) is 3.20. The van der Waals surface area contributed by atoms with Crippen molar-refractivity contribution in [2.75, 3.05) is 13.1 Å². The molecule has 0 bridgehead atoms. The molecule has 0 atom stereocenters. The molecule has 1 aromatic rings. The molecule has 1 aromatic heterocycles. The second-order valence-electron chi connectivity index (χ2n) is 4.64. The van der Waals surface area contributed by atoms with Crippen LogP contribution in [-0.2, 0) is 6.18 Å². The van der Waals surface area contributed by atoms with E-state index in [1.54, 1.807) is 4.90 Å². The van der Waals surface area contributed by atoms with Crippen molar-refractivity contribution >= 4 is 5.91 Å². The number of nitrogens with zero attached hydrogens (tertiary/aromatic N) is 2. The Morgan fingerprint density at radius 1 is 1.11 bits per heavy atom. The molecule has 0 aromatic carbocycles. The molecule has 6 heteroatoms. The Morgan fingerprint density at radius 3 is 2.21 bits per heavy atom. The van der Waals surface area contributed by atoms with Crippen LogP contribution in [0.3, 0.4) is 0 Å². The number of halogens is 3. The van der Waals surface area contributed by atoms with Crippen LogP contribution >= 0.6 is 0 Å². The monoisotopic (exact) mass is 272 g/mol. The lowest BCUT2D eigenvalue weighted by atomic mass is 10.2. The number of aromatic nitrogens is 1. The Morgan fingerprint density at radius 2 is 1.74 bits per heavy atom. The molecule has 1 amide bonds. The van der Waals surface area contributed by atoms with Crippen LogP contribution in [0.15, 0.2) is 18.3 Å². The molecule has 0 spiro atoms. The van der Waals surface area contributed by atoms with Gasteiger partial charge in [0.05, 0.1) is 5.56 Å². The molecule has 19 heavy (non-hydrogen) atoms. The average molecular weight is 272 g/mol. The summed E-state index contributed by atoms with van der Waals surface area (Å²) in [6.07, 6.45) is 0.343. The minimum atomic E-state index is -4.42. The van der Waals surface area contributed by atoms with E-state index in [2.05, 4.69) is 4.98 Å². The zero-order valence-electron chi connectivity index (χ0n) is 10.4. The molecule has 3 nitrogen and oxygen atoms in total. The summed E-state index contributed by atoms with van der Waals surface area (Å²) in [5, 5.41) is 0. The van der Waals surface area contributed by atoms with Crippen LogP contribution in [0.4, 0.5) is 13.2 Å². The van der Waals surface area contributed by atoms with Gasteiger partial charge in [0.1, 0.15) is 5.69 Å². The summed E-state index contributed by atoms with van der Waals surface area (Å²) in [6.45, 7) is 1.31. The molecule has 0 unspecified atom stereocenters. The first-order valence-corrected chi connectivity index (χ1v) is 6.31.